The van der Waals surface area contributed by atoms with E-state index in [4.69, 9.17) is 4.74 Å². The minimum Gasteiger partial charge on any atom is -0.494 e. The van der Waals surface area contributed by atoms with Crippen LogP contribution in [0.1, 0.15) is 38.7 Å². The Hall–Kier alpha value is -1.84. The van der Waals surface area contributed by atoms with Crippen LogP contribution in [0.2, 0.25) is 0 Å². The molecule has 0 atom stereocenters. The largest absolute Gasteiger partial charge is 0.494 e. The maximum absolute atomic E-state index is 10.5. The van der Waals surface area contributed by atoms with Crippen molar-refractivity contribution in [2.75, 3.05) is 6.61 Å². The lowest BCUT2D eigenvalue weighted by Gasteiger charge is -2.05. The quantitative estimate of drug-likeness (QED) is 0.418. The molecule has 0 unspecified atom stereocenters. The van der Waals surface area contributed by atoms with Crippen molar-refractivity contribution in [2.24, 2.45) is 0 Å². The number of ether oxygens (including phenoxy) is 1. The SMILES string of the molecule is CCCCCOc1ccc(/C=C(/C)[N+](=O)[O-])cc1. The lowest BCUT2D eigenvalue weighted by molar-refractivity contribution is -0.422. The predicted molar refractivity (Wildman–Crippen MR) is 72.1 cm³/mol. The highest BCUT2D eigenvalue weighted by molar-refractivity contribution is 5.51. The lowest BCUT2D eigenvalue weighted by Crippen LogP contribution is -1.97. The zero-order valence-electron chi connectivity index (χ0n) is 10.9. The van der Waals surface area contributed by atoms with E-state index in [9.17, 15) is 10.1 Å². The molecule has 1 aromatic rings. The molecule has 0 saturated heterocycles. The van der Waals surface area contributed by atoms with Crippen LogP contribution >= 0.6 is 0 Å². The van der Waals surface area contributed by atoms with E-state index >= 15 is 0 Å². The third-order valence-corrected chi connectivity index (χ3v) is 2.56. The Balaban J connectivity index is 2.52. The van der Waals surface area contributed by atoms with Gasteiger partial charge in [0.1, 0.15) is 5.75 Å². The minimum absolute atomic E-state index is 0.131. The summed E-state index contributed by atoms with van der Waals surface area (Å²) in [5.74, 6) is 0.807. The van der Waals surface area contributed by atoms with Crippen LogP contribution in [0.4, 0.5) is 0 Å². The van der Waals surface area contributed by atoms with Gasteiger partial charge in [-0.05, 0) is 24.1 Å². The molecule has 4 heteroatoms. The molecule has 0 spiro atoms. The van der Waals surface area contributed by atoms with Gasteiger partial charge in [-0.1, -0.05) is 31.9 Å². The fourth-order valence-electron chi connectivity index (χ4n) is 1.50. The summed E-state index contributed by atoms with van der Waals surface area (Å²) in [6.07, 6.45) is 4.94. The summed E-state index contributed by atoms with van der Waals surface area (Å²) in [7, 11) is 0. The second kappa shape index (κ2) is 7.48. The van der Waals surface area contributed by atoms with Gasteiger partial charge >= 0.3 is 0 Å². The van der Waals surface area contributed by atoms with Crippen molar-refractivity contribution in [2.45, 2.75) is 33.1 Å². The fourth-order valence-corrected chi connectivity index (χ4v) is 1.50. The molecule has 0 amide bonds. The summed E-state index contributed by atoms with van der Waals surface area (Å²) >= 11 is 0. The maximum Gasteiger partial charge on any atom is 0.243 e. The van der Waals surface area contributed by atoms with Crippen molar-refractivity contribution in [3.8, 4) is 5.75 Å². The van der Waals surface area contributed by atoms with E-state index < -0.39 is 4.92 Å². The van der Waals surface area contributed by atoms with Gasteiger partial charge in [0, 0.05) is 13.0 Å². The molecule has 1 aromatic carbocycles. The van der Waals surface area contributed by atoms with Crippen LogP contribution in [0.15, 0.2) is 30.0 Å². The van der Waals surface area contributed by atoms with Crippen LogP contribution in [-0.4, -0.2) is 11.5 Å². The zero-order chi connectivity index (χ0) is 13.4. The summed E-state index contributed by atoms with van der Waals surface area (Å²) in [5, 5.41) is 10.5. The topological polar surface area (TPSA) is 52.4 Å². The first-order chi connectivity index (χ1) is 8.63. The average Bonchev–Trinajstić information content (AvgIpc) is 2.36. The Morgan fingerprint density at radius 2 is 2.00 bits per heavy atom. The highest BCUT2D eigenvalue weighted by atomic mass is 16.6. The first-order valence-corrected chi connectivity index (χ1v) is 6.19. The molecule has 0 fully saturated rings. The molecule has 0 saturated carbocycles. The van der Waals surface area contributed by atoms with Gasteiger partial charge in [0.05, 0.1) is 11.5 Å². The van der Waals surface area contributed by atoms with Crippen molar-refractivity contribution in [1.82, 2.24) is 0 Å². The van der Waals surface area contributed by atoms with E-state index in [1.54, 1.807) is 6.08 Å². The van der Waals surface area contributed by atoms with Crippen LogP contribution in [0.3, 0.4) is 0 Å². The molecule has 0 aromatic heterocycles. The Kier molecular flexibility index (Phi) is 5.91. The monoisotopic (exact) mass is 249 g/mol. The summed E-state index contributed by atoms with van der Waals surface area (Å²) in [5.41, 5.74) is 0.941. The predicted octanol–water partition coefficient (Wildman–Crippen LogP) is 3.89. The Labute approximate surface area is 107 Å². The molecular weight excluding hydrogens is 230 g/mol. The Bertz CT molecular complexity index is 410. The molecule has 1 rings (SSSR count). The van der Waals surface area contributed by atoms with Crippen molar-refractivity contribution < 1.29 is 9.66 Å². The van der Waals surface area contributed by atoms with E-state index in [1.165, 1.54) is 19.8 Å². The normalized spacial score (nSPS) is 11.3. The van der Waals surface area contributed by atoms with Crippen molar-refractivity contribution >= 4 is 6.08 Å². The number of hydrogen-bond donors (Lipinski definition) is 0. The molecule has 18 heavy (non-hydrogen) atoms. The van der Waals surface area contributed by atoms with Gasteiger partial charge in [0.25, 0.3) is 0 Å². The number of hydrogen-bond acceptors (Lipinski definition) is 3. The number of unbranched alkanes of at least 4 members (excludes halogenated alkanes) is 2. The third-order valence-electron chi connectivity index (χ3n) is 2.56. The van der Waals surface area contributed by atoms with Crippen LogP contribution in [0.25, 0.3) is 6.08 Å². The summed E-state index contributed by atoms with van der Waals surface area (Å²) in [4.78, 5) is 10.1. The smallest absolute Gasteiger partial charge is 0.243 e. The van der Waals surface area contributed by atoms with E-state index in [0.717, 1.165) is 24.3 Å². The van der Waals surface area contributed by atoms with E-state index in [1.807, 2.05) is 24.3 Å². The third kappa shape index (κ3) is 4.99. The number of rotatable bonds is 7. The van der Waals surface area contributed by atoms with Crippen LogP contribution in [-0.2, 0) is 0 Å². The molecule has 0 aliphatic carbocycles. The number of allylic oxidation sites excluding steroid dienone is 1. The standard InChI is InChI=1S/C14H19NO3/c1-3-4-5-10-18-14-8-6-13(7-9-14)11-12(2)15(16)17/h6-9,11H,3-5,10H2,1-2H3/b12-11-. The number of nitrogens with zero attached hydrogens (tertiary/aromatic N) is 1. The zero-order valence-corrected chi connectivity index (χ0v) is 10.9. The molecule has 0 radical (unpaired) electrons. The number of benzene rings is 1. The van der Waals surface area contributed by atoms with Crippen molar-refractivity contribution in [1.29, 1.82) is 0 Å². The Morgan fingerprint density at radius 1 is 1.33 bits per heavy atom. The minimum atomic E-state index is -0.394. The number of nitro groups is 1. The van der Waals surface area contributed by atoms with Gasteiger partial charge in [0.2, 0.25) is 5.70 Å². The van der Waals surface area contributed by atoms with Crippen molar-refractivity contribution in [3.63, 3.8) is 0 Å². The van der Waals surface area contributed by atoms with Crippen LogP contribution in [0, 0.1) is 10.1 Å². The van der Waals surface area contributed by atoms with Gasteiger partial charge in [-0.25, -0.2) is 0 Å². The molecule has 0 bridgehead atoms. The molecular formula is C14H19NO3. The second-order valence-electron chi connectivity index (χ2n) is 4.17. The summed E-state index contributed by atoms with van der Waals surface area (Å²) in [6, 6.07) is 7.32. The highest BCUT2D eigenvalue weighted by Crippen LogP contribution is 2.15. The lowest BCUT2D eigenvalue weighted by atomic mass is 10.2. The van der Waals surface area contributed by atoms with Gasteiger partial charge in [-0.2, -0.15) is 0 Å². The molecule has 0 N–H and O–H groups in total. The van der Waals surface area contributed by atoms with Crippen LogP contribution < -0.4 is 4.74 Å². The molecule has 0 heterocycles. The summed E-state index contributed by atoms with van der Waals surface area (Å²) < 4.78 is 5.56. The maximum atomic E-state index is 10.5. The first kappa shape index (κ1) is 14.2. The van der Waals surface area contributed by atoms with Crippen molar-refractivity contribution in [3.05, 3.63) is 45.6 Å². The highest BCUT2D eigenvalue weighted by Gasteiger charge is 2.02. The van der Waals surface area contributed by atoms with E-state index in [2.05, 4.69) is 6.92 Å². The van der Waals surface area contributed by atoms with E-state index in [0.29, 0.717) is 0 Å². The van der Waals surface area contributed by atoms with Crippen LogP contribution in [0.5, 0.6) is 5.75 Å². The van der Waals surface area contributed by atoms with Gasteiger partial charge in [-0.15, -0.1) is 0 Å². The molecule has 0 aliphatic rings. The first-order valence-electron chi connectivity index (χ1n) is 6.19. The van der Waals surface area contributed by atoms with Gasteiger partial charge < -0.3 is 4.74 Å². The fraction of sp³-hybridized carbons (Fsp3) is 0.429. The Morgan fingerprint density at radius 3 is 2.56 bits per heavy atom. The summed E-state index contributed by atoms with van der Waals surface area (Å²) in [6.45, 7) is 4.35. The molecule has 0 aliphatic heterocycles. The average molecular weight is 249 g/mol. The van der Waals surface area contributed by atoms with Gasteiger partial charge in [-0.3, -0.25) is 10.1 Å². The molecule has 4 nitrogen and oxygen atoms in total. The van der Waals surface area contributed by atoms with E-state index in [-0.39, 0.29) is 5.70 Å². The van der Waals surface area contributed by atoms with Gasteiger partial charge in [0.15, 0.2) is 0 Å². The second-order valence-corrected chi connectivity index (χ2v) is 4.17. The molecule has 98 valence electrons.